The second-order valence-electron chi connectivity index (χ2n) is 5.36. The first-order valence-corrected chi connectivity index (χ1v) is 6.27. The number of methoxy groups -OCH3 is 1. The first-order chi connectivity index (χ1) is 8.58. The van der Waals surface area contributed by atoms with E-state index in [1.54, 1.807) is 7.11 Å². The van der Waals surface area contributed by atoms with Gasteiger partial charge in [-0.3, -0.25) is 4.79 Å². The summed E-state index contributed by atoms with van der Waals surface area (Å²) < 4.78 is 5.31. The van der Waals surface area contributed by atoms with E-state index >= 15 is 0 Å². The number of likely N-dealkylation sites (N-methyl/N-ethyl adjacent to an activating group) is 1. The normalized spacial score (nSPS) is 29.6. The third-order valence-electron chi connectivity index (χ3n) is 4.38. The number of carbonyl (C=O) groups excluding carboxylic acids is 1. The topological polar surface area (TPSA) is 41.6 Å². The lowest BCUT2D eigenvalue weighted by atomic mass is 9.73. The van der Waals surface area contributed by atoms with Crippen LogP contribution in [0.5, 0.6) is 5.75 Å². The summed E-state index contributed by atoms with van der Waals surface area (Å²) in [6.45, 7) is 2.93. The van der Waals surface area contributed by atoms with Gasteiger partial charge >= 0.3 is 0 Å². The second-order valence-corrected chi connectivity index (χ2v) is 5.36. The summed E-state index contributed by atoms with van der Waals surface area (Å²) in [4.78, 5) is 14.2. The molecule has 1 aromatic rings. The third kappa shape index (κ3) is 1.29. The van der Waals surface area contributed by atoms with Crippen LogP contribution in [0.25, 0.3) is 0 Å². The number of ether oxygens (including phenoxy) is 1. The Kier molecular flexibility index (Phi) is 2.30. The van der Waals surface area contributed by atoms with Gasteiger partial charge in [-0.2, -0.15) is 0 Å². The van der Waals surface area contributed by atoms with Gasteiger partial charge in [0, 0.05) is 24.7 Å². The molecule has 1 saturated heterocycles. The minimum Gasteiger partial charge on any atom is -0.497 e. The molecule has 18 heavy (non-hydrogen) atoms. The Hall–Kier alpha value is -1.71. The van der Waals surface area contributed by atoms with Crippen molar-refractivity contribution in [3.63, 3.8) is 0 Å². The van der Waals surface area contributed by atoms with E-state index in [2.05, 4.69) is 23.2 Å². The van der Waals surface area contributed by atoms with Crippen LogP contribution in [0.1, 0.15) is 18.9 Å². The van der Waals surface area contributed by atoms with Crippen LogP contribution in [-0.2, 0) is 10.2 Å². The molecule has 4 nitrogen and oxygen atoms in total. The van der Waals surface area contributed by atoms with Crippen LogP contribution in [0.3, 0.4) is 0 Å². The monoisotopic (exact) mass is 246 g/mol. The number of hydrogen-bond acceptors (Lipinski definition) is 3. The molecule has 0 spiro atoms. The van der Waals surface area contributed by atoms with Gasteiger partial charge in [0.2, 0.25) is 5.91 Å². The molecular weight excluding hydrogens is 228 g/mol. The molecule has 2 heterocycles. The molecule has 2 aliphatic rings. The number of anilines is 1. The van der Waals surface area contributed by atoms with E-state index < -0.39 is 0 Å². The van der Waals surface area contributed by atoms with Crippen molar-refractivity contribution in [2.75, 3.05) is 25.6 Å². The maximum Gasteiger partial charge on any atom is 0.243 e. The van der Waals surface area contributed by atoms with E-state index in [1.165, 1.54) is 5.56 Å². The smallest absolute Gasteiger partial charge is 0.243 e. The van der Waals surface area contributed by atoms with Crippen molar-refractivity contribution < 1.29 is 9.53 Å². The highest BCUT2D eigenvalue weighted by molar-refractivity contribution is 5.91. The molecule has 0 aliphatic carbocycles. The molecular formula is C14H18N2O2. The number of piperidine rings is 1. The molecule has 1 amide bonds. The van der Waals surface area contributed by atoms with E-state index in [0.717, 1.165) is 24.4 Å². The number of rotatable bonds is 1. The zero-order valence-corrected chi connectivity index (χ0v) is 11.0. The highest BCUT2D eigenvalue weighted by atomic mass is 16.5. The summed E-state index contributed by atoms with van der Waals surface area (Å²) in [5.41, 5.74) is 2.26. The average molecular weight is 246 g/mol. The Balaban J connectivity index is 2.17. The van der Waals surface area contributed by atoms with Gasteiger partial charge in [-0.15, -0.1) is 0 Å². The largest absolute Gasteiger partial charge is 0.497 e. The predicted octanol–water partition coefficient (Wildman–Crippen LogP) is 1.29. The highest BCUT2D eigenvalue weighted by Gasteiger charge is 2.51. The summed E-state index contributed by atoms with van der Waals surface area (Å²) in [7, 11) is 3.67. The lowest BCUT2D eigenvalue weighted by molar-refractivity contribution is -0.125. The molecule has 96 valence electrons. The summed E-state index contributed by atoms with van der Waals surface area (Å²) in [6.07, 6.45) is 0.966. The van der Waals surface area contributed by atoms with Crippen LogP contribution in [0.2, 0.25) is 0 Å². The zero-order chi connectivity index (χ0) is 12.9. The average Bonchev–Trinajstić information content (AvgIpc) is 2.59. The molecule has 0 aromatic heterocycles. The Bertz CT molecular complexity index is 515. The van der Waals surface area contributed by atoms with Gasteiger partial charge in [-0.25, -0.2) is 0 Å². The molecule has 4 heteroatoms. The highest BCUT2D eigenvalue weighted by Crippen LogP contribution is 2.48. The van der Waals surface area contributed by atoms with Crippen LogP contribution in [-0.4, -0.2) is 32.7 Å². The quantitative estimate of drug-likeness (QED) is 0.812. The van der Waals surface area contributed by atoms with E-state index in [9.17, 15) is 4.79 Å². The molecule has 2 atom stereocenters. The molecule has 2 unspecified atom stereocenters. The number of nitrogens with zero attached hydrogens (tertiary/aromatic N) is 1. The number of hydrogen-bond donors (Lipinski definition) is 1. The van der Waals surface area contributed by atoms with Crippen molar-refractivity contribution in [1.82, 2.24) is 5.32 Å². The van der Waals surface area contributed by atoms with Crippen molar-refractivity contribution in [3.05, 3.63) is 23.8 Å². The molecule has 0 bridgehead atoms. The summed E-state index contributed by atoms with van der Waals surface area (Å²) in [5, 5.41) is 2.96. The standard InChI is InChI=1S/C14H18N2O2/c1-14-6-7-15-13(17)12(14)16(2)11-5-4-9(18-3)8-10(11)14/h4-5,8,12H,6-7H2,1-3H3,(H,15,17). The maximum atomic E-state index is 12.1. The van der Waals surface area contributed by atoms with Crippen molar-refractivity contribution in [1.29, 1.82) is 0 Å². The fourth-order valence-electron chi connectivity index (χ4n) is 3.40. The van der Waals surface area contributed by atoms with E-state index in [1.807, 2.05) is 19.2 Å². The second kappa shape index (κ2) is 3.64. The summed E-state index contributed by atoms with van der Waals surface area (Å²) in [5.74, 6) is 0.983. The van der Waals surface area contributed by atoms with Crippen molar-refractivity contribution >= 4 is 11.6 Å². The van der Waals surface area contributed by atoms with E-state index in [4.69, 9.17) is 4.74 Å². The van der Waals surface area contributed by atoms with Crippen molar-refractivity contribution in [2.45, 2.75) is 24.8 Å². The van der Waals surface area contributed by atoms with Gasteiger partial charge in [-0.1, -0.05) is 6.92 Å². The van der Waals surface area contributed by atoms with Crippen LogP contribution < -0.4 is 15.0 Å². The first-order valence-electron chi connectivity index (χ1n) is 6.27. The number of nitrogens with one attached hydrogen (secondary N) is 1. The number of benzene rings is 1. The van der Waals surface area contributed by atoms with Crippen molar-refractivity contribution in [2.24, 2.45) is 0 Å². The zero-order valence-electron chi connectivity index (χ0n) is 11.0. The molecule has 3 rings (SSSR count). The fraction of sp³-hybridized carbons (Fsp3) is 0.500. The maximum absolute atomic E-state index is 12.1. The Morgan fingerprint density at radius 2 is 2.28 bits per heavy atom. The molecule has 2 aliphatic heterocycles. The molecule has 0 radical (unpaired) electrons. The SMILES string of the molecule is COc1ccc2c(c1)C1(C)CCNC(=O)C1N2C. The Labute approximate surface area is 107 Å². The Morgan fingerprint density at radius 1 is 1.50 bits per heavy atom. The summed E-state index contributed by atoms with van der Waals surface area (Å²) in [6, 6.07) is 5.97. The first kappa shape index (κ1) is 11.4. The van der Waals surface area contributed by atoms with Gasteiger partial charge in [0.1, 0.15) is 11.8 Å². The summed E-state index contributed by atoms with van der Waals surface area (Å²) >= 11 is 0. The molecule has 0 saturated carbocycles. The van der Waals surface area contributed by atoms with Crippen molar-refractivity contribution in [3.8, 4) is 5.75 Å². The third-order valence-corrected chi connectivity index (χ3v) is 4.38. The lowest BCUT2D eigenvalue weighted by Gasteiger charge is -2.38. The minimum absolute atomic E-state index is 0.103. The van der Waals surface area contributed by atoms with Crippen LogP contribution >= 0.6 is 0 Å². The number of carbonyl (C=O) groups is 1. The van der Waals surface area contributed by atoms with Crippen LogP contribution in [0.15, 0.2) is 18.2 Å². The van der Waals surface area contributed by atoms with Gasteiger partial charge in [0.05, 0.1) is 7.11 Å². The van der Waals surface area contributed by atoms with E-state index in [0.29, 0.717) is 0 Å². The fourth-order valence-corrected chi connectivity index (χ4v) is 3.40. The van der Waals surface area contributed by atoms with Crippen LogP contribution in [0, 0.1) is 0 Å². The predicted molar refractivity (Wildman–Crippen MR) is 70.2 cm³/mol. The molecule has 1 fully saturated rings. The van der Waals surface area contributed by atoms with Gasteiger partial charge in [0.25, 0.3) is 0 Å². The van der Waals surface area contributed by atoms with E-state index in [-0.39, 0.29) is 17.4 Å². The van der Waals surface area contributed by atoms with Gasteiger partial charge in [0.15, 0.2) is 0 Å². The van der Waals surface area contributed by atoms with Gasteiger partial charge < -0.3 is 15.0 Å². The van der Waals surface area contributed by atoms with Gasteiger partial charge in [-0.05, 0) is 30.2 Å². The van der Waals surface area contributed by atoms with Crippen LogP contribution in [0.4, 0.5) is 5.69 Å². The Morgan fingerprint density at radius 3 is 3.00 bits per heavy atom. The lowest BCUT2D eigenvalue weighted by Crippen LogP contribution is -2.57. The number of fused-ring (bicyclic) bond motifs is 3. The number of amides is 1. The minimum atomic E-state index is -0.110. The molecule has 1 N–H and O–H groups in total. The molecule has 1 aromatic carbocycles.